The van der Waals surface area contributed by atoms with Crippen LogP contribution in [0.1, 0.15) is 37.7 Å². The van der Waals surface area contributed by atoms with Gasteiger partial charge in [0, 0.05) is 19.6 Å². The van der Waals surface area contributed by atoms with Crippen LogP contribution in [0.5, 0.6) is 5.75 Å². The van der Waals surface area contributed by atoms with E-state index in [2.05, 4.69) is 20.9 Å². The average molecular weight is 514 g/mol. The molecule has 0 spiro atoms. The number of guanidine groups is 1. The van der Waals surface area contributed by atoms with Crippen LogP contribution >= 0.6 is 24.0 Å². The molecule has 1 saturated carbocycles. The molecule has 2 aliphatic heterocycles. The van der Waals surface area contributed by atoms with Gasteiger partial charge in [0.05, 0.1) is 18.2 Å². The molecule has 1 amide bonds. The number of carbonyl (C=O) groups excluding carboxylic acids is 1. The van der Waals surface area contributed by atoms with Crippen LogP contribution in [0.3, 0.4) is 0 Å². The second-order valence-corrected chi connectivity index (χ2v) is 7.88. The molecule has 4 rings (SSSR count). The van der Waals surface area contributed by atoms with Gasteiger partial charge in [-0.15, -0.1) is 24.0 Å². The first-order valence-corrected chi connectivity index (χ1v) is 10.3. The van der Waals surface area contributed by atoms with E-state index in [4.69, 9.17) is 9.47 Å². The summed E-state index contributed by atoms with van der Waals surface area (Å²) in [5.74, 6) is 1.51. The SMILES string of the molecule is CN=C(NCCc1ccc(OCC(=O)NC2CC2)cc1)NC1CC2CCC1O2.I. The van der Waals surface area contributed by atoms with Crippen molar-refractivity contribution in [3.8, 4) is 5.75 Å². The highest BCUT2D eigenvalue weighted by Gasteiger charge is 2.41. The van der Waals surface area contributed by atoms with Gasteiger partial charge in [-0.2, -0.15) is 0 Å². The van der Waals surface area contributed by atoms with Crippen LogP contribution in [-0.2, 0) is 16.0 Å². The summed E-state index contributed by atoms with van der Waals surface area (Å²) in [5, 5.41) is 9.79. The Bertz CT molecular complexity index is 708. The smallest absolute Gasteiger partial charge is 0.258 e. The minimum Gasteiger partial charge on any atom is -0.484 e. The van der Waals surface area contributed by atoms with E-state index in [-0.39, 0.29) is 36.5 Å². The number of nitrogens with zero attached hydrogens (tertiary/aromatic N) is 1. The Hall–Kier alpha value is -1.55. The Labute approximate surface area is 189 Å². The van der Waals surface area contributed by atoms with E-state index in [0.29, 0.717) is 24.3 Å². The number of benzene rings is 1. The Morgan fingerprint density at radius 1 is 1.17 bits per heavy atom. The minimum atomic E-state index is -0.0458. The van der Waals surface area contributed by atoms with Gasteiger partial charge in [-0.25, -0.2) is 0 Å². The summed E-state index contributed by atoms with van der Waals surface area (Å²) in [6, 6.07) is 8.65. The topological polar surface area (TPSA) is 84.0 Å². The number of amides is 1. The van der Waals surface area contributed by atoms with Crippen molar-refractivity contribution in [1.29, 1.82) is 0 Å². The van der Waals surface area contributed by atoms with Gasteiger partial charge in [0.1, 0.15) is 5.75 Å². The molecular weight excluding hydrogens is 483 g/mol. The third-order valence-corrected chi connectivity index (χ3v) is 5.59. The highest BCUT2D eigenvalue weighted by Crippen LogP contribution is 2.34. The number of fused-ring (bicyclic) bond motifs is 2. The number of hydrogen-bond donors (Lipinski definition) is 3. The Balaban J connectivity index is 0.00000240. The molecule has 2 saturated heterocycles. The van der Waals surface area contributed by atoms with Crippen LogP contribution in [0.2, 0.25) is 0 Å². The van der Waals surface area contributed by atoms with Gasteiger partial charge in [0.15, 0.2) is 12.6 Å². The van der Waals surface area contributed by atoms with Crippen molar-refractivity contribution in [2.45, 2.75) is 62.8 Å². The van der Waals surface area contributed by atoms with Crippen molar-refractivity contribution in [3.63, 3.8) is 0 Å². The van der Waals surface area contributed by atoms with Crippen LogP contribution in [0.25, 0.3) is 0 Å². The molecule has 3 aliphatic rings. The van der Waals surface area contributed by atoms with Crippen LogP contribution < -0.4 is 20.7 Å². The molecule has 3 atom stereocenters. The van der Waals surface area contributed by atoms with Crippen molar-refractivity contribution in [3.05, 3.63) is 29.8 Å². The van der Waals surface area contributed by atoms with Gasteiger partial charge in [-0.3, -0.25) is 9.79 Å². The predicted molar refractivity (Wildman–Crippen MR) is 123 cm³/mol. The monoisotopic (exact) mass is 514 g/mol. The second kappa shape index (κ2) is 10.5. The maximum absolute atomic E-state index is 11.7. The fourth-order valence-corrected chi connectivity index (χ4v) is 3.88. The summed E-state index contributed by atoms with van der Waals surface area (Å²) in [6.07, 6.45) is 7.24. The first-order valence-electron chi connectivity index (χ1n) is 10.3. The lowest BCUT2D eigenvalue weighted by Crippen LogP contribution is -2.47. The molecule has 0 aromatic heterocycles. The zero-order chi connectivity index (χ0) is 19.3. The predicted octanol–water partition coefficient (Wildman–Crippen LogP) is 1.99. The lowest BCUT2D eigenvalue weighted by atomic mass is 9.96. The van der Waals surface area contributed by atoms with Gasteiger partial charge >= 0.3 is 0 Å². The molecule has 1 aromatic rings. The Morgan fingerprint density at radius 2 is 1.97 bits per heavy atom. The molecule has 1 aliphatic carbocycles. The molecule has 2 heterocycles. The molecule has 7 nitrogen and oxygen atoms in total. The van der Waals surface area contributed by atoms with Gasteiger partial charge in [0.25, 0.3) is 5.91 Å². The minimum absolute atomic E-state index is 0. The second-order valence-electron chi connectivity index (χ2n) is 7.88. The van der Waals surface area contributed by atoms with E-state index >= 15 is 0 Å². The van der Waals surface area contributed by atoms with Gasteiger partial charge in [-0.05, 0) is 56.2 Å². The van der Waals surface area contributed by atoms with E-state index in [9.17, 15) is 4.79 Å². The molecule has 2 bridgehead atoms. The first-order chi connectivity index (χ1) is 13.7. The maximum Gasteiger partial charge on any atom is 0.258 e. The Morgan fingerprint density at radius 3 is 2.59 bits per heavy atom. The molecule has 1 aromatic carbocycles. The summed E-state index contributed by atoms with van der Waals surface area (Å²) in [5.41, 5.74) is 1.21. The van der Waals surface area contributed by atoms with Crippen LogP contribution in [0.15, 0.2) is 29.3 Å². The van der Waals surface area contributed by atoms with Gasteiger partial charge < -0.3 is 25.4 Å². The zero-order valence-electron chi connectivity index (χ0n) is 16.9. The molecule has 3 unspecified atom stereocenters. The molecule has 29 heavy (non-hydrogen) atoms. The Kier molecular flexibility index (Phi) is 7.99. The average Bonchev–Trinajstić information content (AvgIpc) is 3.27. The number of halogens is 1. The number of aliphatic imine (C=N–C) groups is 1. The van der Waals surface area contributed by atoms with E-state index < -0.39 is 0 Å². The third kappa shape index (κ3) is 6.47. The summed E-state index contributed by atoms with van der Waals surface area (Å²) < 4.78 is 11.4. The number of rotatable bonds is 8. The summed E-state index contributed by atoms with van der Waals surface area (Å²) in [7, 11) is 1.80. The largest absolute Gasteiger partial charge is 0.484 e. The highest BCUT2D eigenvalue weighted by atomic mass is 127. The fraction of sp³-hybridized carbons (Fsp3) is 0.619. The van der Waals surface area contributed by atoms with Crippen LogP contribution in [-0.4, -0.2) is 56.4 Å². The lowest BCUT2D eigenvalue weighted by Gasteiger charge is -2.22. The van der Waals surface area contributed by atoms with Crippen LogP contribution in [0.4, 0.5) is 0 Å². The number of hydrogen-bond acceptors (Lipinski definition) is 4. The van der Waals surface area contributed by atoms with Gasteiger partial charge in [-0.1, -0.05) is 12.1 Å². The van der Waals surface area contributed by atoms with E-state index in [0.717, 1.165) is 50.4 Å². The zero-order valence-corrected chi connectivity index (χ0v) is 19.2. The van der Waals surface area contributed by atoms with E-state index in [1.165, 1.54) is 12.0 Å². The summed E-state index contributed by atoms with van der Waals surface area (Å²) in [4.78, 5) is 16.0. The van der Waals surface area contributed by atoms with Crippen molar-refractivity contribution in [1.82, 2.24) is 16.0 Å². The van der Waals surface area contributed by atoms with Crippen molar-refractivity contribution in [2.24, 2.45) is 4.99 Å². The lowest BCUT2D eigenvalue weighted by molar-refractivity contribution is -0.123. The van der Waals surface area contributed by atoms with Gasteiger partial charge in [0.2, 0.25) is 0 Å². The maximum atomic E-state index is 11.7. The molecule has 160 valence electrons. The normalized spacial score (nSPS) is 25.3. The number of nitrogens with one attached hydrogen (secondary N) is 3. The molecule has 3 fully saturated rings. The molecule has 3 N–H and O–H groups in total. The van der Waals surface area contributed by atoms with Crippen molar-refractivity contribution >= 4 is 35.8 Å². The van der Waals surface area contributed by atoms with E-state index in [1.54, 1.807) is 7.05 Å². The summed E-state index contributed by atoms with van der Waals surface area (Å²) in [6.45, 7) is 0.872. The summed E-state index contributed by atoms with van der Waals surface area (Å²) >= 11 is 0. The van der Waals surface area contributed by atoms with Crippen molar-refractivity contribution in [2.75, 3.05) is 20.2 Å². The quantitative estimate of drug-likeness (QED) is 0.281. The molecule has 0 radical (unpaired) electrons. The third-order valence-electron chi connectivity index (χ3n) is 5.59. The number of ether oxygens (including phenoxy) is 2. The highest BCUT2D eigenvalue weighted by molar-refractivity contribution is 14.0. The molecular formula is C21H31IN4O3. The molecule has 8 heteroatoms. The van der Waals surface area contributed by atoms with Crippen LogP contribution in [0, 0.1) is 0 Å². The number of carbonyl (C=O) groups is 1. The fourth-order valence-electron chi connectivity index (χ4n) is 3.88. The van der Waals surface area contributed by atoms with E-state index in [1.807, 2.05) is 24.3 Å². The standard InChI is InChI=1S/C21H30N4O3.HI/c1-22-21(25-18-12-17-8-9-19(18)28-17)23-11-10-14-2-6-16(7-3-14)27-13-20(26)24-15-4-5-15;/h2-3,6-7,15,17-19H,4-5,8-13H2,1H3,(H,24,26)(H2,22,23,25);1H. The van der Waals surface area contributed by atoms with Crippen molar-refractivity contribution < 1.29 is 14.3 Å². The first kappa shape index (κ1) is 22.1.